The van der Waals surface area contributed by atoms with Crippen LogP contribution in [-0.2, 0) is 12.7 Å². The molecule has 1 saturated carbocycles. The molecule has 0 unspecified atom stereocenters. The highest BCUT2D eigenvalue weighted by Gasteiger charge is 2.35. The van der Waals surface area contributed by atoms with Gasteiger partial charge in [0.15, 0.2) is 0 Å². The monoisotopic (exact) mass is 362 g/mol. The van der Waals surface area contributed by atoms with Gasteiger partial charge in [-0.15, -0.1) is 0 Å². The smallest absolute Gasteiger partial charge is 0.331 e. The van der Waals surface area contributed by atoms with Crippen molar-refractivity contribution in [3.8, 4) is 0 Å². The van der Waals surface area contributed by atoms with E-state index >= 15 is 0 Å². The highest BCUT2D eigenvalue weighted by molar-refractivity contribution is 5.94. The van der Waals surface area contributed by atoms with Crippen molar-refractivity contribution < 1.29 is 18.0 Å². The molecule has 0 atom stereocenters. The van der Waals surface area contributed by atoms with Gasteiger partial charge in [0.1, 0.15) is 5.69 Å². The largest absolute Gasteiger partial charge is 0.433 e. The van der Waals surface area contributed by atoms with Crippen LogP contribution in [0.3, 0.4) is 0 Å². The van der Waals surface area contributed by atoms with Crippen molar-refractivity contribution in [2.45, 2.75) is 51.4 Å². The molecule has 0 N–H and O–H groups in total. The van der Waals surface area contributed by atoms with Crippen LogP contribution in [0.1, 0.15) is 59.8 Å². The van der Waals surface area contributed by atoms with Crippen LogP contribution in [-0.4, -0.2) is 21.8 Å². The van der Waals surface area contributed by atoms with E-state index in [0.29, 0.717) is 12.5 Å². The lowest BCUT2D eigenvalue weighted by Crippen LogP contribution is -2.32. The standard InChI is InChI=1S/C20H21F3N2O/c1-13(2)15-5-3-14(4-6-15)12-25(17-8-9-17)19(26)16-7-10-18(24-11-16)20(21,22)23/h3-7,10-11,13,17H,8-9,12H2,1-2H3. The fourth-order valence-corrected chi connectivity index (χ4v) is 2.81. The Morgan fingerprint density at radius 2 is 1.81 bits per heavy atom. The van der Waals surface area contributed by atoms with Crippen molar-refractivity contribution in [1.82, 2.24) is 9.88 Å². The normalized spacial score (nSPS) is 14.5. The van der Waals surface area contributed by atoms with Gasteiger partial charge in [-0.05, 0) is 42.0 Å². The topological polar surface area (TPSA) is 33.2 Å². The lowest BCUT2D eigenvalue weighted by molar-refractivity contribution is -0.141. The average molecular weight is 362 g/mol. The molecule has 0 aliphatic heterocycles. The van der Waals surface area contributed by atoms with E-state index in [1.807, 2.05) is 12.1 Å². The van der Waals surface area contributed by atoms with Gasteiger partial charge in [0.25, 0.3) is 5.91 Å². The van der Waals surface area contributed by atoms with Gasteiger partial charge in [-0.1, -0.05) is 38.1 Å². The zero-order valence-corrected chi connectivity index (χ0v) is 14.8. The molecule has 0 spiro atoms. The third-order valence-electron chi connectivity index (χ3n) is 4.55. The molecule has 1 amide bonds. The first-order chi connectivity index (χ1) is 12.3. The molecular weight excluding hydrogens is 341 g/mol. The third kappa shape index (κ3) is 4.23. The third-order valence-corrected chi connectivity index (χ3v) is 4.55. The maximum Gasteiger partial charge on any atom is 0.433 e. The lowest BCUT2D eigenvalue weighted by Gasteiger charge is -2.23. The van der Waals surface area contributed by atoms with E-state index in [4.69, 9.17) is 0 Å². The average Bonchev–Trinajstić information content (AvgIpc) is 3.44. The van der Waals surface area contributed by atoms with Gasteiger partial charge in [-0.25, -0.2) is 0 Å². The number of benzene rings is 1. The molecule has 3 nitrogen and oxygen atoms in total. The summed E-state index contributed by atoms with van der Waals surface area (Å²) in [5.74, 6) is 0.157. The number of hydrogen-bond donors (Lipinski definition) is 0. The Bertz CT molecular complexity index is 763. The second-order valence-electron chi connectivity index (χ2n) is 6.99. The van der Waals surface area contributed by atoms with E-state index < -0.39 is 11.9 Å². The summed E-state index contributed by atoms with van der Waals surface area (Å²) in [6.07, 6.45) is -1.65. The molecular formula is C20H21F3N2O. The summed E-state index contributed by atoms with van der Waals surface area (Å²) in [5.41, 5.74) is 1.43. The molecule has 26 heavy (non-hydrogen) atoms. The first-order valence-corrected chi connectivity index (χ1v) is 8.69. The fourth-order valence-electron chi connectivity index (χ4n) is 2.81. The van der Waals surface area contributed by atoms with Crippen LogP contribution in [0.25, 0.3) is 0 Å². The Kier molecular flexibility index (Phi) is 5.03. The Hall–Kier alpha value is -2.37. The summed E-state index contributed by atoms with van der Waals surface area (Å²) in [5, 5.41) is 0. The van der Waals surface area contributed by atoms with Crippen molar-refractivity contribution in [3.05, 3.63) is 65.0 Å². The molecule has 6 heteroatoms. The quantitative estimate of drug-likeness (QED) is 0.747. The zero-order valence-electron chi connectivity index (χ0n) is 14.8. The predicted molar refractivity (Wildman–Crippen MR) is 92.7 cm³/mol. The van der Waals surface area contributed by atoms with E-state index in [2.05, 4.69) is 31.0 Å². The summed E-state index contributed by atoms with van der Waals surface area (Å²) >= 11 is 0. The van der Waals surface area contributed by atoms with Crippen molar-refractivity contribution in [1.29, 1.82) is 0 Å². The number of halogens is 3. The van der Waals surface area contributed by atoms with Crippen LogP contribution in [0.4, 0.5) is 13.2 Å². The van der Waals surface area contributed by atoms with Crippen LogP contribution >= 0.6 is 0 Å². The number of amides is 1. The van der Waals surface area contributed by atoms with Crippen LogP contribution in [0.15, 0.2) is 42.6 Å². The van der Waals surface area contributed by atoms with Crippen LogP contribution < -0.4 is 0 Å². The SMILES string of the molecule is CC(C)c1ccc(CN(C(=O)c2ccc(C(F)(F)F)nc2)C2CC2)cc1. The number of alkyl halides is 3. The van der Waals surface area contributed by atoms with Gasteiger partial charge in [-0.3, -0.25) is 9.78 Å². The minimum absolute atomic E-state index is 0.148. The molecule has 1 aliphatic rings. The molecule has 0 radical (unpaired) electrons. The van der Waals surface area contributed by atoms with E-state index in [1.54, 1.807) is 4.90 Å². The molecule has 0 saturated heterocycles. The number of aromatic nitrogens is 1. The lowest BCUT2D eigenvalue weighted by atomic mass is 10.0. The minimum atomic E-state index is -4.50. The molecule has 0 bridgehead atoms. The Morgan fingerprint density at radius 3 is 2.27 bits per heavy atom. The van der Waals surface area contributed by atoms with E-state index in [1.165, 1.54) is 11.6 Å². The van der Waals surface area contributed by atoms with E-state index in [0.717, 1.165) is 30.7 Å². The van der Waals surface area contributed by atoms with Gasteiger partial charge in [0, 0.05) is 18.8 Å². The summed E-state index contributed by atoms with van der Waals surface area (Å²) in [6, 6.07) is 10.3. The van der Waals surface area contributed by atoms with Crippen LogP contribution in [0.5, 0.6) is 0 Å². The summed E-state index contributed by atoms with van der Waals surface area (Å²) in [7, 11) is 0. The van der Waals surface area contributed by atoms with Gasteiger partial charge in [0.2, 0.25) is 0 Å². The number of carbonyl (C=O) groups is 1. The molecule has 2 aromatic rings. The summed E-state index contributed by atoms with van der Waals surface area (Å²) in [6.45, 7) is 4.68. The minimum Gasteiger partial charge on any atom is -0.331 e. The molecule has 138 valence electrons. The first-order valence-electron chi connectivity index (χ1n) is 8.69. The first kappa shape index (κ1) is 18.4. The van der Waals surface area contributed by atoms with Crippen LogP contribution in [0, 0.1) is 0 Å². The second kappa shape index (κ2) is 7.09. The number of nitrogens with zero attached hydrogens (tertiary/aromatic N) is 2. The maximum atomic E-state index is 12.8. The molecule has 1 aliphatic carbocycles. The van der Waals surface area contributed by atoms with E-state index in [-0.39, 0.29) is 17.5 Å². The van der Waals surface area contributed by atoms with Gasteiger partial charge >= 0.3 is 6.18 Å². The molecule has 3 rings (SSSR count). The number of carbonyl (C=O) groups excluding carboxylic acids is 1. The van der Waals surface area contributed by atoms with E-state index in [9.17, 15) is 18.0 Å². The maximum absolute atomic E-state index is 12.8. The second-order valence-corrected chi connectivity index (χ2v) is 6.99. The fraction of sp³-hybridized carbons (Fsp3) is 0.400. The predicted octanol–water partition coefficient (Wildman–Crippen LogP) is 5.03. The molecule has 1 fully saturated rings. The Morgan fingerprint density at radius 1 is 1.15 bits per heavy atom. The van der Waals surface area contributed by atoms with Gasteiger partial charge in [-0.2, -0.15) is 13.2 Å². The van der Waals surface area contributed by atoms with Crippen LogP contribution in [0.2, 0.25) is 0 Å². The van der Waals surface area contributed by atoms with Gasteiger partial charge < -0.3 is 4.90 Å². The number of hydrogen-bond acceptors (Lipinski definition) is 2. The van der Waals surface area contributed by atoms with Crippen molar-refractivity contribution in [2.24, 2.45) is 0 Å². The zero-order chi connectivity index (χ0) is 18.9. The number of rotatable bonds is 5. The van der Waals surface area contributed by atoms with Crippen molar-refractivity contribution in [2.75, 3.05) is 0 Å². The highest BCUT2D eigenvalue weighted by Crippen LogP contribution is 2.31. The van der Waals surface area contributed by atoms with Gasteiger partial charge in [0.05, 0.1) is 5.56 Å². The summed E-state index contributed by atoms with van der Waals surface area (Å²) in [4.78, 5) is 17.9. The number of pyridine rings is 1. The molecule has 1 aromatic heterocycles. The summed E-state index contributed by atoms with van der Waals surface area (Å²) < 4.78 is 37.9. The Balaban J connectivity index is 1.76. The van der Waals surface area contributed by atoms with Crippen molar-refractivity contribution >= 4 is 5.91 Å². The van der Waals surface area contributed by atoms with Crippen molar-refractivity contribution in [3.63, 3.8) is 0 Å². The highest BCUT2D eigenvalue weighted by atomic mass is 19.4. The molecule has 1 heterocycles. The molecule has 1 aromatic carbocycles. The Labute approximate surface area is 150 Å².